The number of benzene rings is 2. The van der Waals surface area contributed by atoms with Gasteiger partial charge in [-0.05, 0) is 44.1 Å². The zero-order valence-electron chi connectivity index (χ0n) is 18.7. The predicted molar refractivity (Wildman–Crippen MR) is 124 cm³/mol. The minimum atomic E-state index is -0.172. The van der Waals surface area contributed by atoms with E-state index in [0.717, 1.165) is 0 Å². The molecule has 4 rings (SSSR count). The molecule has 0 saturated carbocycles. The number of methoxy groups -OCH3 is 2. The largest absolute Gasteiger partial charge is 0.495 e. The van der Waals surface area contributed by atoms with E-state index in [1.54, 1.807) is 30.3 Å². The average molecular weight is 475 g/mol. The van der Waals surface area contributed by atoms with Crippen molar-refractivity contribution in [3.05, 3.63) is 40.9 Å². The number of nitrogens with zero attached hydrogens (tertiary/aromatic N) is 1. The van der Waals surface area contributed by atoms with Crippen molar-refractivity contribution in [2.75, 3.05) is 52.4 Å². The average Bonchev–Trinajstić information content (AvgIpc) is 2.84. The molecule has 0 bridgehead atoms. The third kappa shape index (κ3) is 5.34. The first-order valence-corrected chi connectivity index (χ1v) is 11.2. The van der Waals surface area contributed by atoms with Crippen molar-refractivity contribution in [3.8, 4) is 23.0 Å². The number of Topliss-reactive ketones (excluding diaryl/α,β-unsaturated/α-hetero) is 1. The van der Waals surface area contributed by atoms with Crippen molar-refractivity contribution in [1.29, 1.82) is 0 Å². The fourth-order valence-corrected chi connectivity index (χ4v) is 4.37. The van der Waals surface area contributed by atoms with E-state index >= 15 is 0 Å². The monoisotopic (exact) mass is 474 g/mol. The first kappa shape index (κ1) is 23.2. The molecule has 2 aliphatic rings. The fraction of sp³-hybridized carbons (Fsp3) is 0.417. The van der Waals surface area contributed by atoms with Gasteiger partial charge in [0.15, 0.2) is 17.3 Å². The SMILES string of the molecule is COc1cc(NC(=O)CN2CCC(C(=O)c3ccc4c(c3)OCCO4)CC2)c(OC)cc1Cl. The lowest BCUT2D eigenvalue weighted by Crippen LogP contribution is -2.40. The Kier molecular flexibility index (Phi) is 7.25. The highest BCUT2D eigenvalue weighted by Gasteiger charge is 2.28. The van der Waals surface area contributed by atoms with Gasteiger partial charge in [-0.15, -0.1) is 0 Å². The predicted octanol–water partition coefficient (Wildman–Crippen LogP) is 3.66. The molecular weight excluding hydrogens is 448 g/mol. The molecule has 0 radical (unpaired) electrons. The Morgan fingerprint density at radius 1 is 1.03 bits per heavy atom. The van der Waals surface area contributed by atoms with Gasteiger partial charge < -0.3 is 24.3 Å². The maximum atomic E-state index is 13.0. The van der Waals surface area contributed by atoms with Crippen LogP contribution >= 0.6 is 11.6 Å². The number of fused-ring (bicyclic) bond motifs is 1. The summed E-state index contributed by atoms with van der Waals surface area (Å²) in [5.74, 6) is 2.06. The Labute approximate surface area is 197 Å². The first-order valence-electron chi connectivity index (χ1n) is 10.9. The van der Waals surface area contributed by atoms with Gasteiger partial charge in [0.25, 0.3) is 0 Å². The molecule has 0 unspecified atom stereocenters. The maximum absolute atomic E-state index is 13.0. The zero-order chi connectivity index (χ0) is 23.4. The summed E-state index contributed by atoms with van der Waals surface area (Å²) >= 11 is 6.12. The van der Waals surface area contributed by atoms with Crippen molar-refractivity contribution >= 4 is 29.0 Å². The van der Waals surface area contributed by atoms with Crippen molar-refractivity contribution in [1.82, 2.24) is 4.90 Å². The van der Waals surface area contributed by atoms with Crippen molar-refractivity contribution in [2.24, 2.45) is 5.92 Å². The number of nitrogens with one attached hydrogen (secondary N) is 1. The van der Waals surface area contributed by atoms with E-state index < -0.39 is 0 Å². The number of hydrogen-bond donors (Lipinski definition) is 1. The van der Waals surface area contributed by atoms with Crippen LogP contribution in [0.2, 0.25) is 5.02 Å². The Bertz CT molecular complexity index is 1040. The highest BCUT2D eigenvalue weighted by molar-refractivity contribution is 6.32. The number of amides is 1. The summed E-state index contributed by atoms with van der Waals surface area (Å²) in [5.41, 5.74) is 1.13. The number of carbonyl (C=O) groups excluding carboxylic acids is 2. The third-order valence-corrected chi connectivity index (χ3v) is 6.20. The molecule has 2 aliphatic heterocycles. The van der Waals surface area contributed by atoms with Crippen LogP contribution in [0.25, 0.3) is 0 Å². The van der Waals surface area contributed by atoms with Gasteiger partial charge in [-0.2, -0.15) is 0 Å². The molecule has 33 heavy (non-hydrogen) atoms. The van der Waals surface area contributed by atoms with Gasteiger partial charge in [0, 0.05) is 23.6 Å². The molecule has 1 amide bonds. The Morgan fingerprint density at radius 2 is 1.73 bits per heavy atom. The van der Waals surface area contributed by atoms with E-state index in [1.807, 2.05) is 4.90 Å². The number of carbonyl (C=O) groups is 2. The second kappa shape index (κ2) is 10.3. The number of anilines is 1. The van der Waals surface area contributed by atoms with Crippen LogP contribution in [0.5, 0.6) is 23.0 Å². The van der Waals surface area contributed by atoms with Crippen molar-refractivity contribution in [3.63, 3.8) is 0 Å². The van der Waals surface area contributed by atoms with Crippen molar-refractivity contribution in [2.45, 2.75) is 12.8 Å². The van der Waals surface area contributed by atoms with Gasteiger partial charge in [-0.1, -0.05) is 11.6 Å². The lowest BCUT2D eigenvalue weighted by molar-refractivity contribution is -0.117. The summed E-state index contributed by atoms with van der Waals surface area (Å²) in [6, 6.07) is 8.59. The van der Waals surface area contributed by atoms with E-state index in [4.69, 9.17) is 30.5 Å². The lowest BCUT2D eigenvalue weighted by Gasteiger charge is -2.31. The number of rotatable bonds is 7. The highest BCUT2D eigenvalue weighted by atomic mass is 35.5. The van der Waals surface area contributed by atoms with Crippen LogP contribution in [0.15, 0.2) is 30.3 Å². The van der Waals surface area contributed by atoms with Crippen LogP contribution in [-0.4, -0.2) is 63.7 Å². The van der Waals surface area contributed by atoms with Gasteiger partial charge in [0.1, 0.15) is 24.7 Å². The molecular formula is C24H27ClN2O6. The number of halogens is 1. The second-order valence-corrected chi connectivity index (χ2v) is 8.42. The molecule has 0 spiro atoms. The summed E-state index contributed by atoms with van der Waals surface area (Å²) in [6.07, 6.45) is 1.39. The molecule has 0 aromatic heterocycles. The zero-order valence-corrected chi connectivity index (χ0v) is 19.4. The first-order chi connectivity index (χ1) is 16.0. The van der Waals surface area contributed by atoms with Crippen molar-refractivity contribution < 1.29 is 28.5 Å². The molecule has 2 heterocycles. The summed E-state index contributed by atoms with van der Waals surface area (Å²) in [7, 11) is 3.02. The molecule has 2 aromatic carbocycles. The maximum Gasteiger partial charge on any atom is 0.238 e. The van der Waals surface area contributed by atoms with Crippen LogP contribution in [0.4, 0.5) is 5.69 Å². The summed E-state index contributed by atoms with van der Waals surface area (Å²) in [4.78, 5) is 27.7. The van der Waals surface area contributed by atoms with Gasteiger partial charge in [-0.3, -0.25) is 14.5 Å². The number of piperidine rings is 1. The van der Waals surface area contributed by atoms with Gasteiger partial charge in [-0.25, -0.2) is 0 Å². The molecule has 0 atom stereocenters. The summed E-state index contributed by atoms with van der Waals surface area (Å²) in [6.45, 7) is 2.55. The van der Waals surface area contributed by atoms with E-state index in [-0.39, 0.29) is 24.2 Å². The van der Waals surface area contributed by atoms with E-state index in [0.29, 0.717) is 78.4 Å². The number of ketones is 1. The number of hydrogen-bond acceptors (Lipinski definition) is 7. The normalized spacial score (nSPS) is 16.2. The molecule has 176 valence electrons. The van der Waals surface area contributed by atoms with Crippen LogP contribution in [0.3, 0.4) is 0 Å². The minimum absolute atomic E-state index is 0.0764. The van der Waals surface area contributed by atoms with Gasteiger partial charge in [0.2, 0.25) is 5.91 Å². The summed E-state index contributed by atoms with van der Waals surface area (Å²) in [5, 5.41) is 3.26. The van der Waals surface area contributed by atoms with E-state index in [9.17, 15) is 9.59 Å². The third-order valence-electron chi connectivity index (χ3n) is 5.90. The topological polar surface area (TPSA) is 86.3 Å². The van der Waals surface area contributed by atoms with E-state index in [1.165, 1.54) is 14.2 Å². The lowest BCUT2D eigenvalue weighted by atomic mass is 9.88. The van der Waals surface area contributed by atoms with Gasteiger partial charge in [0.05, 0.1) is 31.5 Å². The van der Waals surface area contributed by atoms with E-state index in [2.05, 4.69) is 5.32 Å². The highest BCUT2D eigenvalue weighted by Crippen LogP contribution is 2.36. The number of ether oxygens (including phenoxy) is 4. The molecule has 9 heteroatoms. The Morgan fingerprint density at radius 3 is 2.42 bits per heavy atom. The Balaban J connectivity index is 1.31. The number of likely N-dealkylation sites (tertiary alicyclic amines) is 1. The van der Waals surface area contributed by atoms with Crippen LogP contribution < -0.4 is 24.3 Å². The molecule has 1 fully saturated rings. The molecule has 1 N–H and O–H groups in total. The Hall–Kier alpha value is -2.97. The standard InChI is InChI=1S/C24H27ClN2O6/c1-30-20-13-18(21(31-2)12-17(20)25)26-23(28)14-27-7-5-15(6-8-27)24(29)16-3-4-19-22(11-16)33-10-9-32-19/h3-4,11-13,15H,5-10,14H2,1-2H3,(H,26,28). The van der Waals surface area contributed by atoms with Crippen LogP contribution in [0, 0.1) is 5.92 Å². The quantitative estimate of drug-likeness (QED) is 0.613. The molecule has 2 aromatic rings. The van der Waals surface area contributed by atoms with Crippen LogP contribution in [0.1, 0.15) is 23.2 Å². The smallest absolute Gasteiger partial charge is 0.238 e. The minimum Gasteiger partial charge on any atom is -0.495 e. The molecule has 0 aliphatic carbocycles. The molecule has 8 nitrogen and oxygen atoms in total. The molecule has 1 saturated heterocycles. The van der Waals surface area contributed by atoms with Crippen LogP contribution in [-0.2, 0) is 4.79 Å². The van der Waals surface area contributed by atoms with Gasteiger partial charge >= 0.3 is 0 Å². The second-order valence-electron chi connectivity index (χ2n) is 8.01. The summed E-state index contributed by atoms with van der Waals surface area (Å²) < 4.78 is 21.7. The fourth-order valence-electron chi connectivity index (χ4n) is 4.14.